The molecule has 0 aliphatic heterocycles. The van der Waals surface area contributed by atoms with Crippen molar-refractivity contribution in [2.75, 3.05) is 0 Å². The molecule has 1 N–H and O–H groups in total. The number of fused-ring (bicyclic) bond motifs is 1. The largest absolute Gasteiger partial charge is 0.385 e. The van der Waals surface area contributed by atoms with Crippen LogP contribution in [0.5, 0.6) is 0 Å². The SMILES string of the molecule is OC1(c2ccc3ccccc3c2)CCCC1. The average molecular weight is 212 g/mol. The Bertz CT molecular complexity index is 510. The van der Waals surface area contributed by atoms with Crippen LogP contribution >= 0.6 is 0 Å². The first-order chi connectivity index (χ1) is 7.78. The summed E-state index contributed by atoms with van der Waals surface area (Å²) >= 11 is 0. The van der Waals surface area contributed by atoms with E-state index in [-0.39, 0.29) is 0 Å². The van der Waals surface area contributed by atoms with Gasteiger partial charge in [-0.2, -0.15) is 0 Å². The summed E-state index contributed by atoms with van der Waals surface area (Å²) < 4.78 is 0. The molecule has 1 heteroatoms. The lowest BCUT2D eigenvalue weighted by atomic mass is 9.90. The third-order valence-electron chi connectivity index (χ3n) is 3.72. The van der Waals surface area contributed by atoms with Crippen molar-refractivity contribution < 1.29 is 5.11 Å². The van der Waals surface area contributed by atoms with E-state index < -0.39 is 5.60 Å². The van der Waals surface area contributed by atoms with Gasteiger partial charge < -0.3 is 5.11 Å². The quantitative estimate of drug-likeness (QED) is 0.765. The Morgan fingerprint density at radius 1 is 0.875 bits per heavy atom. The molecular weight excluding hydrogens is 196 g/mol. The van der Waals surface area contributed by atoms with Crippen LogP contribution in [-0.4, -0.2) is 5.11 Å². The van der Waals surface area contributed by atoms with Crippen LogP contribution in [0.2, 0.25) is 0 Å². The van der Waals surface area contributed by atoms with Crippen molar-refractivity contribution in [2.45, 2.75) is 31.3 Å². The highest BCUT2D eigenvalue weighted by atomic mass is 16.3. The Morgan fingerprint density at radius 3 is 2.31 bits per heavy atom. The number of rotatable bonds is 1. The Labute approximate surface area is 95.7 Å². The lowest BCUT2D eigenvalue weighted by Gasteiger charge is -2.23. The molecule has 0 spiro atoms. The fraction of sp³-hybridized carbons (Fsp3) is 0.333. The Balaban J connectivity index is 2.11. The molecule has 3 rings (SSSR count). The highest BCUT2D eigenvalue weighted by Gasteiger charge is 2.32. The van der Waals surface area contributed by atoms with Gasteiger partial charge in [-0.25, -0.2) is 0 Å². The molecule has 1 aliphatic rings. The predicted octanol–water partition coefficient (Wildman–Crippen LogP) is 3.60. The molecule has 0 atom stereocenters. The number of aliphatic hydroxyl groups is 1. The van der Waals surface area contributed by atoms with Crippen molar-refractivity contribution in [1.29, 1.82) is 0 Å². The average Bonchev–Trinajstić information content (AvgIpc) is 2.77. The topological polar surface area (TPSA) is 20.2 Å². The maximum atomic E-state index is 10.5. The molecule has 0 heterocycles. The molecule has 2 aromatic carbocycles. The molecule has 0 saturated heterocycles. The van der Waals surface area contributed by atoms with Crippen molar-refractivity contribution in [3.8, 4) is 0 Å². The Hall–Kier alpha value is -1.34. The Morgan fingerprint density at radius 2 is 1.56 bits per heavy atom. The first-order valence-corrected chi connectivity index (χ1v) is 6.00. The molecule has 2 aromatic rings. The van der Waals surface area contributed by atoms with Crippen molar-refractivity contribution in [1.82, 2.24) is 0 Å². The predicted molar refractivity (Wildman–Crippen MR) is 66.3 cm³/mol. The van der Waals surface area contributed by atoms with E-state index in [4.69, 9.17) is 0 Å². The molecule has 0 amide bonds. The monoisotopic (exact) mass is 212 g/mol. The molecule has 0 aromatic heterocycles. The summed E-state index contributed by atoms with van der Waals surface area (Å²) in [5.41, 5.74) is 0.521. The lowest BCUT2D eigenvalue weighted by molar-refractivity contribution is 0.0446. The first kappa shape index (κ1) is 9.86. The number of hydrogen-bond acceptors (Lipinski definition) is 1. The molecule has 82 valence electrons. The van der Waals surface area contributed by atoms with Crippen molar-refractivity contribution in [3.63, 3.8) is 0 Å². The summed E-state index contributed by atoms with van der Waals surface area (Å²) in [4.78, 5) is 0. The zero-order chi connectivity index (χ0) is 11.0. The minimum absolute atomic E-state index is 0.565. The summed E-state index contributed by atoms with van der Waals surface area (Å²) in [6, 6.07) is 14.6. The maximum absolute atomic E-state index is 10.5. The van der Waals surface area contributed by atoms with Crippen LogP contribution in [0.25, 0.3) is 10.8 Å². The smallest absolute Gasteiger partial charge is 0.0896 e. The van der Waals surface area contributed by atoms with E-state index in [0.717, 1.165) is 31.2 Å². The summed E-state index contributed by atoms with van der Waals surface area (Å²) in [5, 5.41) is 13.0. The van der Waals surface area contributed by atoms with Gasteiger partial charge >= 0.3 is 0 Å². The maximum Gasteiger partial charge on any atom is 0.0896 e. The second-order valence-corrected chi connectivity index (χ2v) is 4.80. The molecular formula is C15H16O. The number of benzene rings is 2. The summed E-state index contributed by atoms with van der Waals surface area (Å²) in [7, 11) is 0. The van der Waals surface area contributed by atoms with E-state index in [9.17, 15) is 5.11 Å². The molecule has 1 fully saturated rings. The van der Waals surface area contributed by atoms with Crippen LogP contribution in [0, 0.1) is 0 Å². The van der Waals surface area contributed by atoms with E-state index in [0.29, 0.717) is 0 Å². The normalized spacial score (nSPS) is 19.1. The third kappa shape index (κ3) is 1.52. The summed E-state index contributed by atoms with van der Waals surface area (Å²) in [6.07, 6.45) is 4.10. The van der Waals surface area contributed by atoms with Gasteiger partial charge in [-0.05, 0) is 35.2 Å². The van der Waals surface area contributed by atoms with E-state index in [1.807, 2.05) is 12.1 Å². The van der Waals surface area contributed by atoms with Crippen LogP contribution in [0.15, 0.2) is 42.5 Å². The highest BCUT2D eigenvalue weighted by Crippen LogP contribution is 2.39. The van der Waals surface area contributed by atoms with Gasteiger partial charge in [0.15, 0.2) is 0 Å². The lowest BCUT2D eigenvalue weighted by Crippen LogP contribution is -2.20. The fourth-order valence-electron chi connectivity index (χ4n) is 2.73. The van der Waals surface area contributed by atoms with Crippen molar-refractivity contribution in [2.24, 2.45) is 0 Å². The van der Waals surface area contributed by atoms with E-state index >= 15 is 0 Å². The van der Waals surface area contributed by atoms with Crippen LogP contribution in [0.3, 0.4) is 0 Å². The van der Waals surface area contributed by atoms with Gasteiger partial charge in [0.1, 0.15) is 0 Å². The first-order valence-electron chi connectivity index (χ1n) is 6.00. The molecule has 0 radical (unpaired) electrons. The number of hydrogen-bond donors (Lipinski definition) is 1. The van der Waals surface area contributed by atoms with Crippen molar-refractivity contribution in [3.05, 3.63) is 48.0 Å². The summed E-state index contributed by atoms with van der Waals surface area (Å²) in [6.45, 7) is 0. The molecule has 0 bridgehead atoms. The molecule has 0 unspecified atom stereocenters. The van der Waals surface area contributed by atoms with Gasteiger partial charge in [-0.15, -0.1) is 0 Å². The molecule has 16 heavy (non-hydrogen) atoms. The highest BCUT2D eigenvalue weighted by molar-refractivity contribution is 5.83. The third-order valence-corrected chi connectivity index (χ3v) is 3.72. The minimum Gasteiger partial charge on any atom is -0.385 e. The van der Waals surface area contributed by atoms with Crippen molar-refractivity contribution >= 4 is 10.8 Å². The van der Waals surface area contributed by atoms with Gasteiger partial charge in [-0.3, -0.25) is 0 Å². The second-order valence-electron chi connectivity index (χ2n) is 4.80. The van der Waals surface area contributed by atoms with Gasteiger partial charge in [0.2, 0.25) is 0 Å². The zero-order valence-corrected chi connectivity index (χ0v) is 9.32. The minimum atomic E-state index is -0.565. The van der Waals surface area contributed by atoms with E-state index in [2.05, 4.69) is 30.3 Å². The van der Waals surface area contributed by atoms with Gasteiger partial charge in [-0.1, -0.05) is 49.2 Å². The van der Waals surface area contributed by atoms with Gasteiger partial charge in [0.25, 0.3) is 0 Å². The van der Waals surface area contributed by atoms with Crippen LogP contribution in [-0.2, 0) is 5.60 Å². The Kier molecular flexibility index (Phi) is 2.22. The van der Waals surface area contributed by atoms with Gasteiger partial charge in [0, 0.05) is 0 Å². The van der Waals surface area contributed by atoms with Crippen LogP contribution in [0.4, 0.5) is 0 Å². The summed E-state index contributed by atoms with van der Waals surface area (Å²) in [5.74, 6) is 0. The van der Waals surface area contributed by atoms with Crippen LogP contribution < -0.4 is 0 Å². The zero-order valence-electron chi connectivity index (χ0n) is 9.32. The van der Waals surface area contributed by atoms with E-state index in [1.54, 1.807) is 0 Å². The van der Waals surface area contributed by atoms with E-state index in [1.165, 1.54) is 10.8 Å². The fourth-order valence-corrected chi connectivity index (χ4v) is 2.73. The second kappa shape index (κ2) is 3.60. The molecule has 1 nitrogen and oxygen atoms in total. The standard InChI is InChI=1S/C15H16O/c16-15(9-3-4-10-15)14-8-7-12-5-1-2-6-13(12)11-14/h1-2,5-8,11,16H,3-4,9-10H2. The molecule has 1 saturated carbocycles. The molecule has 1 aliphatic carbocycles. The van der Waals surface area contributed by atoms with Crippen LogP contribution in [0.1, 0.15) is 31.2 Å². The van der Waals surface area contributed by atoms with Gasteiger partial charge in [0.05, 0.1) is 5.60 Å².